The van der Waals surface area contributed by atoms with E-state index in [0.29, 0.717) is 29.3 Å². The van der Waals surface area contributed by atoms with Crippen molar-refractivity contribution >= 4 is 5.65 Å². The standard InChI is InChI=1S/C14H11N5O3/c20-14-17-16-11-3-2-10(7-19(11)14)13-15-12(22-18-13)4-1-9-5-6-21-8-9/h2-3,5-8H,1,4H2,(H,17,20). The molecule has 0 saturated heterocycles. The van der Waals surface area contributed by atoms with Gasteiger partial charge in [-0.1, -0.05) is 5.16 Å². The zero-order valence-corrected chi connectivity index (χ0v) is 11.4. The summed E-state index contributed by atoms with van der Waals surface area (Å²) in [7, 11) is 0. The summed E-state index contributed by atoms with van der Waals surface area (Å²) < 4.78 is 11.7. The third kappa shape index (κ3) is 2.20. The molecule has 0 aliphatic carbocycles. The van der Waals surface area contributed by atoms with Crippen molar-refractivity contribution in [2.45, 2.75) is 12.8 Å². The van der Waals surface area contributed by atoms with Gasteiger partial charge >= 0.3 is 5.69 Å². The number of nitrogens with one attached hydrogen (secondary N) is 1. The molecule has 8 nitrogen and oxygen atoms in total. The molecule has 0 aliphatic heterocycles. The minimum atomic E-state index is -0.305. The second kappa shape index (κ2) is 4.99. The summed E-state index contributed by atoms with van der Waals surface area (Å²) >= 11 is 0. The minimum absolute atomic E-state index is 0.305. The smallest absolute Gasteiger partial charge is 0.347 e. The first-order valence-corrected chi connectivity index (χ1v) is 6.70. The van der Waals surface area contributed by atoms with Crippen molar-refractivity contribution in [2.75, 3.05) is 0 Å². The van der Waals surface area contributed by atoms with E-state index >= 15 is 0 Å². The number of aryl methyl sites for hydroxylation is 2. The van der Waals surface area contributed by atoms with Gasteiger partial charge in [0.1, 0.15) is 0 Å². The minimum Gasteiger partial charge on any atom is -0.472 e. The average Bonchev–Trinajstić information content (AvgIpc) is 3.26. The normalized spacial score (nSPS) is 11.3. The lowest BCUT2D eigenvalue weighted by atomic mass is 10.2. The molecule has 0 aromatic carbocycles. The highest BCUT2D eigenvalue weighted by atomic mass is 16.5. The van der Waals surface area contributed by atoms with Gasteiger partial charge in [0.15, 0.2) is 5.65 Å². The number of H-pyrrole nitrogens is 1. The molecule has 4 heterocycles. The first-order chi connectivity index (χ1) is 10.8. The average molecular weight is 297 g/mol. The van der Waals surface area contributed by atoms with E-state index in [1.165, 1.54) is 4.40 Å². The fourth-order valence-corrected chi connectivity index (χ4v) is 2.20. The van der Waals surface area contributed by atoms with Crippen LogP contribution in [0.25, 0.3) is 17.0 Å². The van der Waals surface area contributed by atoms with Crippen LogP contribution in [-0.4, -0.2) is 24.7 Å². The molecule has 8 heteroatoms. The van der Waals surface area contributed by atoms with Gasteiger partial charge in [0.05, 0.1) is 12.5 Å². The Kier molecular flexibility index (Phi) is 2.85. The second-order valence-electron chi connectivity index (χ2n) is 4.82. The monoisotopic (exact) mass is 297 g/mol. The van der Waals surface area contributed by atoms with Crippen LogP contribution in [0.1, 0.15) is 11.5 Å². The van der Waals surface area contributed by atoms with Gasteiger partial charge in [-0.3, -0.25) is 0 Å². The SMILES string of the molecule is O=c1[nH]nc2ccc(-c3noc(CCc4ccoc4)n3)cn12. The van der Waals surface area contributed by atoms with Crippen LogP contribution in [0.2, 0.25) is 0 Å². The highest BCUT2D eigenvalue weighted by molar-refractivity contribution is 5.56. The molecular formula is C14H11N5O3. The Labute approximate surface area is 123 Å². The summed E-state index contributed by atoms with van der Waals surface area (Å²) in [6.07, 6.45) is 6.34. The van der Waals surface area contributed by atoms with Crippen LogP contribution in [0, 0.1) is 0 Å². The number of rotatable bonds is 4. The van der Waals surface area contributed by atoms with Crippen molar-refractivity contribution in [1.82, 2.24) is 24.7 Å². The van der Waals surface area contributed by atoms with Crippen molar-refractivity contribution in [3.05, 3.63) is 58.9 Å². The highest BCUT2D eigenvalue weighted by Gasteiger charge is 2.11. The molecule has 4 aromatic heterocycles. The van der Waals surface area contributed by atoms with Gasteiger partial charge in [-0.15, -0.1) is 0 Å². The molecule has 4 rings (SSSR count). The Morgan fingerprint density at radius 2 is 2.18 bits per heavy atom. The summed E-state index contributed by atoms with van der Waals surface area (Å²) in [6, 6.07) is 5.41. The third-order valence-electron chi connectivity index (χ3n) is 3.35. The predicted octanol–water partition coefficient (Wildman–Crippen LogP) is 1.45. The van der Waals surface area contributed by atoms with Gasteiger partial charge in [0.25, 0.3) is 0 Å². The number of aromatic amines is 1. The second-order valence-corrected chi connectivity index (χ2v) is 4.82. The zero-order chi connectivity index (χ0) is 14.9. The number of furan rings is 1. The van der Waals surface area contributed by atoms with Gasteiger partial charge in [-0.05, 0) is 30.2 Å². The van der Waals surface area contributed by atoms with E-state index < -0.39 is 0 Å². The molecule has 0 unspecified atom stereocenters. The third-order valence-corrected chi connectivity index (χ3v) is 3.35. The summed E-state index contributed by atoms with van der Waals surface area (Å²) in [4.78, 5) is 15.9. The molecule has 0 fully saturated rings. The molecule has 0 bridgehead atoms. The fraction of sp³-hybridized carbons (Fsp3) is 0.143. The van der Waals surface area contributed by atoms with Gasteiger partial charge in [0.2, 0.25) is 11.7 Å². The Morgan fingerprint density at radius 3 is 3.05 bits per heavy atom. The van der Waals surface area contributed by atoms with Gasteiger partial charge < -0.3 is 8.94 Å². The Morgan fingerprint density at radius 1 is 1.23 bits per heavy atom. The lowest BCUT2D eigenvalue weighted by Crippen LogP contribution is -2.08. The van der Waals surface area contributed by atoms with Crippen LogP contribution < -0.4 is 5.69 Å². The molecule has 0 aliphatic rings. The molecule has 0 spiro atoms. The van der Waals surface area contributed by atoms with Crippen LogP contribution in [0.3, 0.4) is 0 Å². The number of fused-ring (bicyclic) bond motifs is 1. The molecule has 22 heavy (non-hydrogen) atoms. The number of nitrogens with zero attached hydrogens (tertiary/aromatic N) is 4. The largest absolute Gasteiger partial charge is 0.472 e. The van der Waals surface area contributed by atoms with E-state index in [1.54, 1.807) is 30.9 Å². The molecule has 0 radical (unpaired) electrons. The summed E-state index contributed by atoms with van der Waals surface area (Å²) in [5.74, 6) is 0.980. The van der Waals surface area contributed by atoms with E-state index in [1.807, 2.05) is 6.07 Å². The molecule has 4 aromatic rings. The first kappa shape index (κ1) is 12.6. The number of pyridine rings is 1. The van der Waals surface area contributed by atoms with Gasteiger partial charge in [0, 0.05) is 18.2 Å². The highest BCUT2D eigenvalue weighted by Crippen LogP contribution is 2.16. The Bertz CT molecular complexity index is 964. The lowest BCUT2D eigenvalue weighted by molar-refractivity contribution is 0.378. The molecule has 0 amide bonds. The summed E-state index contributed by atoms with van der Waals surface area (Å²) in [5, 5.41) is 10.2. The van der Waals surface area contributed by atoms with Gasteiger partial charge in [-0.25, -0.2) is 14.3 Å². The molecule has 110 valence electrons. The van der Waals surface area contributed by atoms with Gasteiger partial charge in [-0.2, -0.15) is 10.1 Å². The fourth-order valence-electron chi connectivity index (χ4n) is 2.20. The predicted molar refractivity (Wildman–Crippen MR) is 75.2 cm³/mol. The Hall–Kier alpha value is -3.16. The first-order valence-electron chi connectivity index (χ1n) is 6.70. The number of hydrogen-bond acceptors (Lipinski definition) is 6. The van der Waals surface area contributed by atoms with Crippen molar-refractivity contribution in [3.8, 4) is 11.4 Å². The lowest BCUT2D eigenvalue weighted by Gasteiger charge is -1.95. The van der Waals surface area contributed by atoms with E-state index in [4.69, 9.17) is 8.94 Å². The van der Waals surface area contributed by atoms with E-state index in [9.17, 15) is 4.79 Å². The summed E-state index contributed by atoms with van der Waals surface area (Å²) in [6.45, 7) is 0. The summed E-state index contributed by atoms with van der Waals surface area (Å²) in [5.41, 5.74) is 2.00. The van der Waals surface area contributed by atoms with Crippen molar-refractivity contribution in [3.63, 3.8) is 0 Å². The maximum absolute atomic E-state index is 11.6. The van der Waals surface area contributed by atoms with Crippen LogP contribution in [-0.2, 0) is 12.8 Å². The van der Waals surface area contributed by atoms with Crippen LogP contribution >= 0.6 is 0 Å². The Balaban J connectivity index is 1.59. The van der Waals surface area contributed by atoms with Crippen LogP contribution in [0.5, 0.6) is 0 Å². The topological polar surface area (TPSA) is 102 Å². The maximum atomic E-state index is 11.6. The number of hydrogen-bond donors (Lipinski definition) is 1. The van der Waals surface area contributed by atoms with E-state index in [2.05, 4.69) is 20.3 Å². The molecule has 1 N–H and O–H groups in total. The van der Waals surface area contributed by atoms with Crippen LogP contribution in [0.15, 0.2) is 50.7 Å². The zero-order valence-electron chi connectivity index (χ0n) is 11.4. The van der Waals surface area contributed by atoms with E-state index in [-0.39, 0.29) is 5.69 Å². The maximum Gasteiger partial charge on any atom is 0.347 e. The van der Waals surface area contributed by atoms with Crippen molar-refractivity contribution in [1.29, 1.82) is 0 Å². The number of aromatic nitrogens is 5. The van der Waals surface area contributed by atoms with Crippen molar-refractivity contribution < 1.29 is 8.94 Å². The van der Waals surface area contributed by atoms with E-state index in [0.717, 1.165) is 12.0 Å². The molecule has 0 atom stereocenters. The quantitative estimate of drug-likeness (QED) is 0.611. The molecular weight excluding hydrogens is 286 g/mol. The van der Waals surface area contributed by atoms with Crippen LogP contribution in [0.4, 0.5) is 0 Å². The van der Waals surface area contributed by atoms with Crippen molar-refractivity contribution in [2.24, 2.45) is 0 Å². The molecule has 0 saturated carbocycles.